The Hall–Kier alpha value is -2.37. The van der Waals surface area contributed by atoms with Crippen molar-refractivity contribution in [3.05, 3.63) is 105 Å². The lowest BCUT2D eigenvalue weighted by Crippen LogP contribution is -2.00. The van der Waals surface area contributed by atoms with Crippen molar-refractivity contribution >= 4 is 43.4 Å². The van der Waals surface area contributed by atoms with E-state index in [9.17, 15) is 4.79 Å². The number of halogens is 2. The predicted octanol–water partition coefficient (Wildman–Crippen LogP) is 6.35. The second kappa shape index (κ2) is 9.71. The quantitative estimate of drug-likeness (QED) is 0.410. The number of carbonyl (C=O) groups is 1. The summed E-state index contributed by atoms with van der Waals surface area (Å²) in [5, 5.41) is 8.84. The summed E-state index contributed by atoms with van der Waals surface area (Å²) in [6, 6.07) is 23.5. The maximum atomic E-state index is 10.8. The second-order valence-corrected chi connectivity index (χ2v) is 7.99. The molecule has 0 radical (unpaired) electrons. The summed E-state index contributed by atoms with van der Waals surface area (Å²) in [6.45, 7) is 0.403. The van der Waals surface area contributed by atoms with E-state index in [1.54, 1.807) is 24.3 Å². The molecule has 0 fully saturated rings. The number of carboxylic acid groups (broad SMARTS) is 1. The number of aliphatic carboxylic acids is 1. The van der Waals surface area contributed by atoms with Crippen molar-refractivity contribution in [1.82, 2.24) is 0 Å². The van der Waals surface area contributed by atoms with Gasteiger partial charge in [-0.15, -0.1) is 0 Å². The normalized spacial score (nSPS) is 10.4. The van der Waals surface area contributed by atoms with Crippen LogP contribution in [0.15, 0.2) is 87.8 Å². The Bertz CT molecular complexity index is 913. The van der Waals surface area contributed by atoms with Gasteiger partial charge in [0.15, 0.2) is 0 Å². The minimum absolute atomic E-state index is 0.0114. The van der Waals surface area contributed by atoms with E-state index in [1.165, 1.54) is 0 Å². The zero-order chi connectivity index (χ0) is 19.9. The highest BCUT2D eigenvalue weighted by atomic mass is 79.9. The first kappa shape index (κ1) is 20.4. The molecule has 142 valence electrons. The molecular formula is C23H18Br2O3. The van der Waals surface area contributed by atoms with Gasteiger partial charge in [-0.1, -0.05) is 68.3 Å². The number of carboxylic acids is 1. The van der Waals surface area contributed by atoms with Crippen LogP contribution in [0, 0.1) is 0 Å². The molecule has 3 rings (SSSR count). The molecule has 1 N–H and O–H groups in total. The third kappa shape index (κ3) is 5.81. The SMILES string of the molecule is O=C(O)Cc1ccc(OCC=C(c2ccc(Br)cc2)c2ccc(Br)cc2)cc1. The van der Waals surface area contributed by atoms with Gasteiger partial charge in [0.25, 0.3) is 0 Å². The number of hydrogen-bond donors (Lipinski definition) is 1. The summed E-state index contributed by atoms with van der Waals surface area (Å²) in [5.74, 6) is -0.137. The van der Waals surface area contributed by atoms with Crippen molar-refractivity contribution in [2.45, 2.75) is 6.42 Å². The van der Waals surface area contributed by atoms with E-state index in [4.69, 9.17) is 9.84 Å². The van der Waals surface area contributed by atoms with Gasteiger partial charge in [-0.25, -0.2) is 0 Å². The fourth-order valence-corrected chi connectivity index (χ4v) is 3.29. The minimum atomic E-state index is -0.842. The van der Waals surface area contributed by atoms with Crippen molar-refractivity contribution in [2.24, 2.45) is 0 Å². The molecule has 3 nitrogen and oxygen atoms in total. The molecule has 0 atom stereocenters. The number of hydrogen-bond acceptors (Lipinski definition) is 2. The monoisotopic (exact) mass is 500 g/mol. The van der Waals surface area contributed by atoms with Gasteiger partial charge in [0.1, 0.15) is 12.4 Å². The van der Waals surface area contributed by atoms with E-state index in [2.05, 4.69) is 62.2 Å². The van der Waals surface area contributed by atoms with Gasteiger partial charge in [-0.2, -0.15) is 0 Å². The van der Waals surface area contributed by atoms with Crippen LogP contribution in [-0.4, -0.2) is 17.7 Å². The van der Waals surface area contributed by atoms with Crippen molar-refractivity contribution in [3.8, 4) is 5.75 Å². The first-order valence-electron chi connectivity index (χ1n) is 8.67. The first-order chi connectivity index (χ1) is 13.5. The fourth-order valence-electron chi connectivity index (χ4n) is 2.76. The maximum absolute atomic E-state index is 10.8. The topological polar surface area (TPSA) is 46.5 Å². The molecule has 0 aliphatic heterocycles. The van der Waals surface area contributed by atoms with Crippen LogP contribution in [-0.2, 0) is 11.2 Å². The number of benzene rings is 3. The number of rotatable bonds is 7. The third-order valence-corrected chi connectivity index (χ3v) is 5.18. The molecule has 0 spiro atoms. The molecule has 0 saturated carbocycles. The highest BCUT2D eigenvalue weighted by Gasteiger charge is 2.06. The van der Waals surface area contributed by atoms with Gasteiger partial charge in [-0.05, 0) is 64.7 Å². The van der Waals surface area contributed by atoms with Gasteiger partial charge in [0.05, 0.1) is 6.42 Å². The Morgan fingerprint density at radius 1 is 0.821 bits per heavy atom. The summed E-state index contributed by atoms with van der Waals surface area (Å²) in [5.41, 5.74) is 4.04. The molecule has 0 aliphatic carbocycles. The molecule has 0 heterocycles. The zero-order valence-corrected chi connectivity index (χ0v) is 18.1. The highest BCUT2D eigenvalue weighted by Crippen LogP contribution is 2.26. The van der Waals surface area contributed by atoms with Gasteiger partial charge in [-0.3, -0.25) is 4.79 Å². The molecule has 0 bridgehead atoms. The van der Waals surface area contributed by atoms with Crippen LogP contribution in [0.5, 0.6) is 5.75 Å². The van der Waals surface area contributed by atoms with Gasteiger partial charge in [0.2, 0.25) is 0 Å². The van der Waals surface area contributed by atoms with Crippen molar-refractivity contribution in [1.29, 1.82) is 0 Å². The summed E-state index contributed by atoms with van der Waals surface area (Å²) in [7, 11) is 0. The van der Waals surface area contributed by atoms with E-state index in [1.807, 2.05) is 24.3 Å². The number of ether oxygens (including phenoxy) is 1. The summed E-state index contributed by atoms with van der Waals surface area (Å²) < 4.78 is 7.91. The van der Waals surface area contributed by atoms with Crippen molar-refractivity contribution in [3.63, 3.8) is 0 Å². The van der Waals surface area contributed by atoms with Crippen LogP contribution in [0.1, 0.15) is 16.7 Å². The molecule has 3 aromatic rings. The fraction of sp³-hybridized carbons (Fsp3) is 0.0870. The van der Waals surface area contributed by atoms with Crippen LogP contribution in [0.25, 0.3) is 5.57 Å². The highest BCUT2D eigenvalue weighted by molar-refractivity contribution is 9.10. The lowest BCUT2D eigenvalue weighted by atomic mass is 9.98. The molecule has 5 heteroatoms. The Kier molecular flexibility index (Phi) is 7.06. The summed E-state index contributed by atoms with van der Waals surface area (Å²) in [4.78, 5) is 10.8. The third-order valence-electron chi connectivity index (χ3n) is 4.13. The first-order valence-corrected chi connectivity index (χ1v) is 10.3. The smallest absolute Gasteiger partial charge is 0.307 e. The molecule has 28 heavy (non-hydrogen) atoms. The van der Waals surface area contributed by atoms with Crippen molar-refractivity contribution < 1.29 is 14.6 Å². The van der Waals surface area contributed by atoms with Crippen LogP contribution >= 0.6 is 31.9 Å². The van der Waals surface area contributed by atoms with Gasteiger partial charge < -0.3 is 9.84 Å². The Labute approximate surface area is 180 Å². The minimum Gasteiger partial charge on any atom is -0.490 e. The lowest BCUT2D eigenvalue weighted by Gasteiger charge is -2.11. The zero-order valence-electron chi connectivity index (χ0n) is 14.9. The van der Waals surface area contributed by atoms with Crippen LogP contribution in [0.4, 0.5) is 0 Å². The molecule has 0 aliphatic rings. The van der Waals surface area contributed by atoms with E-state index < -0.39 is 5.97 Å². The average Bonchev–Trinajstić information content (AvgIpc) is 2.68. The van der Waals surface area contributed by atoms with Gasteiger partial charge in [0, 0.05) is 8.95 Å². The van der Waals surface area contributed by atoms with E-state index in [0.29, 0.717) is 12.4 Å². The Balaban J connectivity index is 1.78. The molecule has 0 aromatic heterocycles. The van der Waals surface area contributed by atoms with Crippen LogP contribution in [0.3, 0.4) is 0 Å². The van der Waals surface area contributed by atoms with Crippen LogP contribution in [0.2, 0.25) is 0 Å². The molecule has 0 unspecified atom stereocenters. The summed E-state index contributed by atoms with van der Waals surface area (Å²) >= 11 is 6.95. The van der Waals surface area contributed by atoms with E-state index >= 15 is 0 Å². The molecule has 0 amide bonds. The summed E-state index contributed by atoms with van der Waals surface area (Å²) in [6.07, 6.45) is 2.06. The van der Waals surface area contributed by atoms with Crippen molar-refractivity contribution in [2.75, 3.05) is 6.61 Å². The average molecular weight is 502 g/mol. The van der Waals surface area contributed by atoms with E-state index in [-0.39, 0.29) is 6.42 Å². The molecule has 0 saturated heterocycles. The molecular weight excluding hydrogens is 484 g/mol. The van der Waals surface area contributed by atoms with Crippen LogP contribution < -0.4 is 4.74 Å². The standard InChI is InChI=1S/C23H18Br2O3/c24-19-7-3-17(4-8-19)22(18-5-9-20(25)10-6-18)13-14-28-21-11-1-16(2-12-21)15-23(26)27/h1-13H,14-15H2,(H,26,27). The Morgan fingerprint density at radius 2 is 1.32 bits per heavy atom. The largest absolute Gasteiger partial charge is 0.490 e. The van der Waals surface area contributed by atoms with E-state index in [0.717, 1.165) is 31.2 Å². The second-order valence-electron chi connectivity index (χ2n) is 6.16. The Morgan fingerprint density at radius 3 is 1.79 bits per heavy atom. The van der Waals surface area contributed by atoms with Gasteiger partial charge >= 0.3 is 5.97 Å². The maximum Gasteiger partial charge on any atom is 0.307 e. The molecule has 3 aromatic carbocycles. The predicted molar refractivity (Wildman–Crippen MR) is 119 cm³/mol. The lowest BCUT2D eigenvalue weighted by molar-refractivity contribution is -0.136.